The highest BCUT2D eigenvalue weighted by Gasteiger charge is 2.31. The Bertz CT molecular complexity index is 753. The molecule has 108 valence electrons. The number of hydrogen-bond acceptors (Lipinski definition) is 3. The summed E-state index contributed by atoms with van der Waals surface area (Å²) in [4.78, 5) is 0. The number of alkyl halides is 3. The number of fused-ring (bicyclic) bond motifs is 1. The molecule has 3 aromatic rings. The minimum atomic E-state index is -4.38. The molecule has 0 aliphatic carbocycles. The molecule has 2 aromatic heterocycles. The summed E-state index contributed by atoms with van der Waals surface area (Å²) >= 11 is 1.35. The third-order valence-electron chi connectivity index (χ3n) is 2.91. The predicted molar refractivity (Wildman–Crippen MR) is 74.0 cm³/mol. The van der Waals surface area contributed by atoms with Crippen LogP contribution in [0.3, 0.4) is 0 Å². The Morgan fingerprint density at radius 3 is 2.48 bits per heavy atom. The number of rotatable bonds is 3. The summed E-state index contributed by atoms with van der Waals surface area (Å²) in [6.45, 7) is 0. The first-order valence-corrected chi connectivity index (χ1v) is 7.11. The van der Waals surface area contributed by atoms with Gasteiger partial charge in [0, 0.05) is 11.9 Å². The van der Waals surface area contributed by atoms with Crippen LogP contribution in [-0.4, -0.2) is 14.6 Å². The summed E-state index contributed by atoms with van der Waals surface area (Å²) in [5, 5.41) is 8.27. The Balaban J connectivity index is 1.88. The Morgan fingerprint density at radius 2 is 1.76 bits per heavy atom. The number of nitrogens with zero attached hydrogens (tertiary/aromatic N) is 3. The molecule has 2 heterocycles. The van der Waals surface area contributed by atoms with E-state index in [1.54, 1.807) is 0 Å². The molecule has 3 rings (SSSR count). The molecule has 21 heavy (non-hydrogen) atoms. The van der Waals surface area contributed by atoms with E-state index in [4.69, 9.17) is 0 Å². The molecular weight excluding hydrogens is 299 g/mol. The number of halogens is 3. The van der Waals surface area contributed by atoms with E-state index < -0.39 is 11.7 Å². The molecule has 0 atom stereocenters. The molecule has 0 unspecified atom stereocenters. The van der Waals surface area contributed by atoms with Crippen LogP contribution in [0.4, 0.5) is 13.2 Å². The molecule has 0 N–H and O–H groups in total. The third kappa shape index (κ3) is 3.02. The summed E-state index contributed by atoms with van der Waals surface area (Å²) in [6, 6.07) is 12.0. The number of thioether (sulfide) groups is 1. The van der Waals surface area contributed by atoms with Crippen LogP contribution in [0.25, 0.3) is 5.65 Å². The maximum Gasteiger partial charge on any atom is 0.417 e. The van der Waals surface area contributed by atoms with Crippen molar-refractivity contribution in [3.63, 3.8) is 0 Å². The monoisotopic (exact) mass is 309 g/mol. The van der Waals surface area contributed by atoms with Crippen molar-refractivity contribution in [3.8, 4) is 0 Å². The second-order valence-electron chi connectivity index (χ2n) is 4.40. The standard InChI is InChI=1S/C14H10F3N3S/c15-14(16,17)11-6-7-12-18-19-13(20(12)8-11)21-9-10-4-2-1-3-5-10/h1-8H,9H2. The summed E-state index contributed by atoms with van der Waals surface area (Å²) < 4.78 is 39.6. The topological polar surface area (TPSA) is 30.2 Å². The van der Waals surface area contributed by atoms with Gasteiger partial charge in [0.1, 0.15) is 0 Å². The summed E-state index contributed by atoms with van der Waals surface area (Å²) in [5.74, 6) is 0.623. The lowest BCUT2D eigenvalue weighted by Gasteiger charge is -2.07. The van der Waals surface area contributed by atoms with Gasteiger partial charge in [0.2, 0.25) is 0 Å². The molecule has 0 radical (unpaired) electrons. The number of aromatic nitrogens is 3. The van der Waals surface area contributed by atoms with Gasteiger partial charge in [-0.3, -0.25) is 4.40 Å². The van der Waals surface area contributed by atoms with Crippen molar-refractivity contribution >= 4 is 17.4 Å². The first-order valence-electron chi connectivity index (χ1n) is 6.13. The quantitative estimate of drug-likeness (QED) is 0.684. The zero-order valence-electron chi connectivity index (χ0n) is 10.7. The second-order valence-corrected chi connectivity index (χ2v) is 5.34. The van der Waals surface area contributed by atoms with E-state index >= 15 is 0 Å². The van der Waals surface area contributed by atoms with Crippen molar-refractivity contribution in [2.75, 3.05) is 0 Å². The van der Waals surface area contributed by atoms with Crippen molar-refractivity contribution in [2.24, 2.45) is 0 Å². The van der Waals surface area contributed by atoms with Gasteiger partial charge in [-0.05, 0) is 17.7 Å². The second kappa shape index (κ2) is 5.40. The zero-order chi connectivity index (χ0) is 14.9. The van der Waals surface area contributed by atoms with Crippen LogP contribution in [0.2, 0.25) is 0 Å². The van der Waals surface area contributed by atoms with Crippen molar-refractivity contribution in [1.82, 2.24) is 14.6 Å². The number of benzene rings is 1. The smallest absolute Gasteiger partial charge is 0.277 e. The van der Waals surface area contributed by atoms with Gasteiger partial charge in [0.25, 0.3) is 0 Å². The molecule has 0 bridgehead atoms. The lowest BCUT2D eigenvalue weighted by atomic mass is 10.2. The van der Waals surface area contributed by atoms with Gasteiger partial charge in [-0.1, -0.05) is 42.1 Å². The largest absolute Gasteiger partial charge is 0.417 e. The summed E-state index contributed by atoms with van der Waals surface area (Å²) in [6.07, 6.45) is -3.34. The van der Waals surface area contributed by atoms with Gasteiger partial charge >= 0.3 is 6.18 Å². The third-order valence-corrected chi connectivity index (χ3v) is 3.92. The van der Waals surface area contributed by atoms with E-state index in [0.717, 1.165) is 17.8 Å². The lowest BCUT2D eigenvalue weighted by molar-refractivity contribution is -0.137. The molecular formula is C14H10F3N3S. The van der Waals surface area contributed by atoms with Gasteiger partial charge in [-0.2, -0.15) is 13.2 Å². The van der Waals surface area contributed by atoms with E-state index in [-0.39, 0.29) is 0 Å². The highest BCUT2D eigenvalue weighted by Crippen LogP contribution is 2.30. The normalized spacial score (nSPS) is 12.0. The minimum Gasteiger partial charge on any atom is -0.277 e. The summed E-state index contributed by atoms with van der Waals surface area (Å²) in [7, 11) is 0. The lowest BCUT2D eigenvalue weighted by Crippen LogP contribution is -2.06. The van der Waals surface area contributed by atoms with Gasteiger partial charge in [0.15, 0.2) is 10.8 Å². The summed E-state index contributed by atoms with van der Waals surface area (Å²) in [5.41, 5.74) is 0.765. The Hall–Kier alpha value is -2.02. The van der Waals surface area contributed by atoms with Gasteiger partial charge in [-0.25, -0.2) is 0 Å². The van der Waals surface area contributed by atoms with Crippen LogP contribution in [0.1, 0.15) is 11.1 Å². The molecule has 7 heteroatoms. The fourth-order valence-corrected chi connectivity index (χ4v) is 2.73. The maximum absolute atomic E-state index is 12.7. The average molecular weight is 309 g/mol. The molecule has 0 saturated heterocycles. The van der Waals surface area contributed by atoms with Crippen molar-refractivity contribution in [3.05, 3.63) is 59.8 Å². The van der Waals surface area contributed by atoms with E-state index in [0.29, 0.717) is 16.6 Å². The predicted octanol–water partition coefficient (Wildman–Crippen LogP) is 4.04. The first-order chi connectivity index (χ1) is 10.0. The van der Waals surface area contributed by atoms with Crippen LogP contribution >= 0.6 is 11.8 Å². The zero-order valence-corrected chi connectivity index (χ0v) is 11.5. The van der Waals surface area contributed by atoms with Gasteiger partial charge < -0.3 is 0 Å². The van der Waals surface area contributed by atoms with Crippen LogP contribution < -0.4 is 0 Å². The fourth-order valence-electron chi connectivity index (χ4n) is 1.86. The molecule has 0 aliphatic heterocycles. The highest BCUT2D eigenvalue weighted by atomic mass is 32.2. The minimum absolute atomic E-state index is 0.401. The maximum atomic E-state index is 12.7. The fraction of sp³-hybridized carbons (Fsp3) is 0.143. The highest BCUT2D eigenvalue weighted by molar-refractivity contribution is 7.98. The molecule has 3 nitrogen and oxygen atoms in total. The molecule has 0 amide bonds. The number of hydrogen-bond donors (Lipinski definition) is 0. The molecule has 0 saturated carbocycles. The SMILES string of the molecule is FC(F)(F)c1ccc2nnc(SCc3ccccc3)n2c1. The van der Waals surface area contributed by atoms with Gasteiger partial charge in [0.05, 0.1) is 5.56 Å². The molecule has 0 aliphatic rings. The van der Waals surface area contributed by atoms with Crippen LogP contribution in [0, 0.1) is 0 Å². The van der Waals surface area contributed by atoms with Crippen LogP contribution in [0.5, 0.6) is 0 Å². The van der Waals surface area contributed by atoms with Crippen LogP contribution in [0.15, 0.2) is 53.8 Å². The van der Waals surface area contributed by atoms with E-state index in [1.807, 2.05) is 30.3 Å². The Kier molecular flexibility index (Phi) is 3.59. The molecule has 0 fully saturated rings. The van der Waals surface area contributed by atoms with E-state index in [2.05, 4.69) is 10.2 Å². The Morgan fingerprint density at radius 1 is 1.00 bits per heavy atom. The van der Waals surface area contributed by atoms with Crippen molar-refractivity contribution < 1.29 is 13.2 Å². The Labute approximate surface area is 122 Å². The van der Waals surface area contributed by atoms with Gasteiger partial charge in [-0.15, -0.1) is 10.2 Å². The van der Waals surface area contributed by atoms with Crippen LogP contribution in [-0.2, 0) is 11.9 Å². The molecule has 1 aromatic carbocycles. The number of pyridine rings is 1. The molecule has 0 spiro atoms. The van der Waals surface area contributed by atoms with E-state index in [9.17, 15) is 13.2 Å². The first kappa shape index (κ1) is 13.9. The van der Waals surface area contributed by atoms with Crippen molar-refractivity contribution in [2.45, 2.75) is 17.1 Å². The average Bonchev–Trinajstić information content (AvgIpc) is 2.87. The van der Waals surface area contributed by atoms with Crippen molar-refractivity contribution in [1.29, 1.82) is 0 Å². The van der Waals surface area contributed by atoms with E-state index in [1.165, 1.54) is 22.2 Å².